The van der Waals surface area contributed by atoms with Crippen LogP contribution in [0.1, 0.15) is 97.8 Å². The quantitative estimate of drug-likeness (QED) is 0.366. The molecule has 1 heterocycles. The van der Waals surface area contributed by atoms with Gasteiger partial charge in [0.2, 0.25) is 8.40 Å². The SMILES string of the molecule is CC(C)(C)N1PN(C(C)(C)C)[Si]1(C)C.Cc1c(C(C)C)cccc1C(C)C. The predicted molar refractivity (Wildman–Crippen MR) is 128 cm³/mol. The predicted octanol–water partition coefficient (Wildman–Crippen LogP) is 7.65. The molecule has 1 aliphatic heterocycles. The van der Waals surface area contributed by atoms with Crippen LogP contribution >= 0.6 is 8.88 Å². The van der Waals surface area contributed by atoms with Crippen molar-refractivity contribution in [3.05, 3.63) is 34.9 Å². The summed E-state index contributed by atoms with van der Waals surface area (Å²) in [6.07, 6.45) is 0. The van der Waals surface area contributed by atoms with Crippen molar-refractivity contribution in [1.29, 1.82) is 0 Å². The largest absolute Gasteiger partial charge is 0.275 e. The molecule has 0 bridgehead atoms. The topological polar surface area (TPSA) is 6.48 Å². The lowest BCUT2D eigenvalue weighted by Gasteiger charge is -2.65. The molecule has 4 heteroatoms. The minimum absolute atomic E-state index is 0.343. The average molecular weight is 409 g/mol. The highest BCUT2D eigenvalue weighted by Crippen LogP contribution is 2.54. The van der Waals surface area contributed by atoms with Crippen LogP contribution in [-0.2, 0) is 0 Å². The Balaban J connectivity index is 0.000000271. The molecule has 1 aliphatic rings. The molecular weight excluding hydrogens is 363 g/mol. The van der Waals surface area contributed by atoms with Crippen molar-refractivity contribution in [2.75, 3.05) is 0 Å². The zero-order valence-corrected chi connectivity index (χ0v) is 22.3. The van der Waals surface area contributed by atoms with Crippen LogP contribution in [0.2, 0.25) is 13.1 Å². The fourth-order valence-electron chi connectivity index (χ4n) is 4.26. The van der Waals surface area contributed by atoms with Crippen LogP contribution in [0.5, 0.6) is 0 Å². The summed E-state index contributed by atoms with van der Waals surface area (Å²) in [5.41, 5.74) is 5.15. The molecule has 2 rings (SSSR count). The summed E-state index contributed by atoms with van der Waals surface area (Å²) >= 11 is 0. The maximum absolute atomic E-state index is 2.71. The Morgan fingerprint density at radius 2 is 1.11 bits per heavy atom. The number of hydrogen-bond acceptors (Lipinski definition) is 2. The maximum atomic E-state index is 2.71. The molecule has 1 aromatic rings. The van der Waals surface area contributed by atoms with Gasteiger partial charge in [0, 0.05) is 20.0 Å². The van der Waals surface area contributed by atoms with Crippen molar-refractivity contribution in [2.24, 2.45) is 0 Å². The van der Waals surface area contributed by atoms with E-state index >= 15 is 0 Å². The van der Waals surface area contributed by atoms with E-state index in [4.69, 9.17) is 0 Å². The van der Waals surface area contributed by atoms with Crippen LogP contribution in [0.25, 0.3) is 0 Å². The van der Waals surface area contributed by atoms with E-state index in [1.165, 1.54) is 16.7 Å². The minimum Gasteiger partial charge on any atom is -0.275 e. The Hall–Kier alpha value is -0.213. The molecule has 0 N–H and O–H groups in total. The van der Waals surface area contributed by atoms with E-state index < -0.39 is 8.40 Å². The molecule has 0 spiro atoms. The van der Waals surface area contributed by atoms with Crippen LogP contribution in [-0.4, -0.2) is 28.1 Å². The standard InChI is InChI=1S/C13H20.C10H25N2PSi/c1-9(2)12-7-6-8-13(10(3)4)11(12)5;1-9(2,3)11-13-12(10(4,5)6)14(11,7)8/h6-10H,1-5H3;13H,1-8H3. The van der Waals surface area contributed by atoms with Crippen LogP contribution < -0.4 is 0 Å². The number of nitrogens with zero attached hydrogens (tertiary/aromatic N) is 2. The van der Waals surface area contributed by atoms with Crippen LogP contribution in [0.3, 0.4) is 0 Å². The van der Waals surface area contributed by atoms with Crippen LogP contribution in [0.4, 0.5) is 0 Å². The molecule has 2 nitrogen and oxygen atoms in total. The highest BCUT2D eigenvalue weighted by Gasteiger charge is 2.54. The summed E-state index contributed by atoms with van der Waals surface area (Å²) in [4.78, 5) is 0. The molecule has 0 saturated carbocycles. The van der Waals surface area contributed by atoms with Crippen molar-refractivity contribution in [2.45, 2.75) is 112 Å². The van der Waals surface area contributed by atoms with E-state index in [-0.39, 0.29) is 0 Å². The summed E-state index contributed by atoms with van der Waals surface area (Å²) < 4.78 is 5.43. The molecule has 0 amide bonds. The summed E-state index contributed by atoms with van der Waals surface area (Å²) in [7, 11) is -0.416. The molecule has 0 radical (unpaired) electrons. The van der Waals surface area contributed by atoms with Gasteiger partial charge in [-0.2, -0.15) is 0 Å². The lowest BCUT2D eigenvalue weighted by atomic mass is 9.90. The van der Waals surface area contributed by atoms with E-state index in [9.17, 15) is 0 Å². The Morgan fingerprint density at radius 1 is 0.778 bits per heavy atom. The van der Waals surface area contributed by atoms with Crippen LogP contribution in [0, 0.1) is 6.92 Å². The van der Waals surface area contributed by atoms with Gasteiger partial charge in [-0.1, -0.05) is 45.9 Å². The second-order valence-electron chi connectivity index (χ2n) is 11.0. The minimum atomic E-state index is -1.30. The summed E-state index contributed by atoms with van der Waals surface area (Å²) in [6, 6.07) is 6.66. The van der Waals surface area contributed by atoms with E-state index in [0.29, 0.717) is 22.9 Å². The molecule has 1 fully saturated rings. The summed E-state index contributed by atoms with van der Waals surface area (Å²) in [6.45, 7) is 30.2. The van der Waals surface area contributed by atoms with Crippen LogP contribution in [0.15, 0.2) is 18.2 Å². The Kier molecular flexibility index (Phi) is 7.96. The smallest absolute Gasteiger partial charge is 0.209 e. The Labute approximate surface area is 173 Å². The third kappa shape index (κ3) is 5.89. The van der Waals surface area contributed by atoms with Crippen molar-refractivity contribution in [1.82, 2.24) is 8.67 Å². The first kappa shape index (κ1) is 24.8. The number of rotatable bonds is 2. The lowest BCUT2D eigenvalue weighted by molar-refractivity contribution is 0.249. The fourth-order valence-corrected chi connectivity index (χ4v) is 11.0. The summed E-state index contributed by atoms with van der Waals surface area (Å²) in [5.74, 6) is 1.28. The zero-order chi connectivity index (χ0) is 21.4. The molecule has 0 unspecified atom stereocenters. The van der Waals surface area contributed by atoms with Crippen molar-refractivity contribution >= 4 is 17.3 Å². The Morgan fingerprint density at radius 3 is 1.33 bits per heavy atom. The zero-order valence-electron chi connectivity index (χ0n) is 20.3. The first-order valence-corrected chi connectivity index (χ1v) is 14.3. The molecule has 0 aliphatic carbocycles. The molecule has 0 atom stereocenters. The lowest BCUT2D eigenvalue weighted by Crippen LogP contribution is -2.74. The summed E-state index contributed by atoms with van der Waals surface area (Å²) in [5, 5.41) is 0. The van der Waals surface area contributed by atoms with E-state index in [1.54, 1.807) is 0 Å². The van der Waals surface area contributed by atoms with Crippen molar-refractivity contribution in [3.63, 3.8) is 0 Å². The molecule has 27 heavy (non-hydrogen) atoms. The van der Waals surface area contributed by atoms with E-state index in [2.05, 4.69) is 116 Å². The van der Waals surface area contributed by atoms with Gasteiger partial charge in [-0.25, -0.2) is 0 Å². The normalized spacial score (nSPS) is 18.3. The Bertz CT molecular complexity index is 576. The molecule has 0 aromatic heterocycles. The van der Waals surface area contributed by atoms with E-state index in [1.807, 2.05) is 0 Å². The van der Waals surface area contributed by atoms with Gasteiger partial charge >= 0.3 is 0 Å². The van der Waals surface area contributed by atoms with Gasteiger partial charge < -0.3 is 0 Å². The van der Waals surface area contributed by atoms with Gasteiger partial charge in [0.25, 0.3) is 0 Å². The molecule has 156 valence electrons. The van der Waals surface area contributed by atoms with Crippen molar-refractivity contribution in [3.8, 4) is 0 Å². The number of hydrogen-bond donors (Lipinski definition) is 0. The van der Waals surface area contributed by atoms with Crippen molar-refractivity contribution < 1.29 is 0 Å². The molecular formula is C23H45N2PSi. The highest BCUT2D eigenvalue weighted by atomic mass is 31.1. The van der Waals surface area contributed by atoms with Gasteiger partial charge in [0.15, 0.2) is 0 Å². The van der Waals surface area contributed by atoms with Gasteiger partial charge in [-0.3, -0.25) is 8.67 Å². The fraction of sp³-hybridized carbons (Fsp3) is 0.739. The van der Waals surface area contributed by atoms with Gasteiger partial charge in [0.1, 0.15) is 0 Å². The average Bonchev–Trinajstić information content (AvgIpc) is 2.43. The second kappa shape index (κ2) is 8.65. The first-order chi connectivity index (χ1) is 12.0. The molecule has 1 saturated heterocycles. The highest BCUT2D eigenvalue weighted by molar-refractivity contribution is 7.45. The molecule has 1 aromatic carbocycles. The van der Waals surface area contributed by atoms with Gasteiger partial charge in [0.05, 0.1) is 0 Å². The third-order valence-electron chi connectivity index (χ3n) is 5.30. The first-order valence-electron chi connectivity index (χ1n) is 10.5. The van der Waals surface area contributed by atoms with E-state index in [0.717, 1.165) is 8.88 Å². The number of benzene rings is 1. The second-order valence-corrected chi connectivity index (χ2v) is 16.8. The van der Waals surface area contributed by atoms with Gasteiger partial charge in [-0.05, 0) is 90.1 Å². The third-order valence-corrected chi connectivity index (χ3v) is 14.5. The van der Waals surface area contributed by atoms with Gasteiger partial charge in [-0.15, -0.1) is 0 Å². The monoisotopic (exact) mass is 408 g/mol. The maximum Gasteiger partial charge on any atom is 0.209 e.